The van der Waals surface area contributed by atoms with Crippen molar-refractivity contribution in [1.29, 1.82) is 0 Å². The van der Waals surface area contributed by atoms with Crippen LogP contribution in [-0.2, 0) is 4.79 Å². The molecule has 108 valence electrons. The highest BCUT2D eigenvalue weighted by molar-refractivity contribution is 7.17. The fourth-order valence-electron chi connectivity index (χ4n) is 2.00. The first-order valence-electron chi connectivity index (χ1n) is 6.62. The molecule has 0 fully saturated rings. The Balaban J connectivity index is 1.89. The van der Waals surface area contributed by atoms with E-state index in [9.17, 15) is 4.79 Å². The van der Waals surface area contributed by atoms with Gasteiger partial charge in [0.15, 0.2) is 0 Å². The number of rotatable bonds is 7. The Hall–Kier alpha value is -1.69. The predicted octanol–water partition coefficient (Wildman–Crippen LogP) is 3.38. The monoisotopic (exact) mass is 293 g/mol. The van der Waals surface area contributed by atoms with Crippen LogP contribution in [0.25, 0.3) is 10.2 Å². The molecule has 0 amide bonds. The van der Waals surface area contributed by atoms with E-state index in [-0.39, 0.29) is 11.8 Å². The number of nitrogens with one attached hydrogen (secondary N) is 1. The number of aliphatic carboxylic acids is 1. The van der Waals surface area contributed by atoms with E-state index in [2.05, 4.69) is 29.1 Å². The molecule has 20 heavy (non-hydrogen) atoms. The number of nitrogens with zero attached hydrogens (tertiary/aromatic N) is 2. The van der Waals surface area contributed by atoms with Gasteiger partial charge in [0.2, 0.25) is 0 Å². The lowest BCUT2D eigenvalue weighted by Gasteiger charge is -2.24. The van der Waals surface area contributed by atoms with Crippen LogP contribution in [0, 0.1) is 5.41 Å². The minimum absolute atomic E-state index is 0.00693. The summed E-state index contributed by atoms with van der Waals surface area (Å²) in [6, 6.07) is 1.98. The number of carboxylic acids is 1. The summed E-state index contributed by atoms with van der Waals surface area (Å²) >= 11 is 1.62. The molecule has 0 unspecified atom stereocenters. The lowest BCUT2D eigenvalue weighted by atomic mass is 9.84. The van der Waals surface area contributed by atoms with Gasteiger partial charge in [0.05, 0.1) is 10.2 Å². The zero-order chi connectivity index (χ0) is 14.6. The van der Waals surface area contributed by atoms with Crippen molar-refractivity contribution < 1.29 is 9.90 Å². The zero-order valence-corrected chi connectivity index (χ0v) is 12.5. The number of hydrogen-bond donors (Lipinski definition) is 2. The SMILES string of the molecule is CC(C)(CCNc1ncnc2ccsc12)CCC(=O)O. The quantitative estimate of drug-likeness (QED) is 0.818. The number of thiophene rings is 1. The lowest BCUT2D eigenvalue weighted by molar-refractivity contribution is -0.137. The first-order chi connectivity index (χ1) is 9.48. The van der Waals surface area contributed by atoms with Crippen molar-refractivity contribution in [3.05, 3.63) is 17.8 Å². The molecule has 0 bridgehead atoms. The Bertz CT molecular complexity index is 595. The Morgan fingerprint density at radius 1 is 1.40 bits per heavy atom. The maximum absolute atomic E-state index is 10.6. The van der Waals surface area contributed by atoms with Crippen molar-refractivity contribution in [2.24, 2.45) is 5.41 Å². The molecule has 2 N–H and O–H groups in total. The first kappa shape index (κ1) is 14.7. The molecule has 2 heterocycles. The summed E-state index contributed by atoms with van der Waals surface area (Å²) in [5.41, 5.74) is 0.963. The Kier molecular flexibility index (Phi) is 4.54. The Morgan fingerprint density at radius 3 is 2.95 bits per heavy atom. The summed E-state index contributed by atoms with van der Waals surface area (Å²) in [6.07, 6.45) is 3.36. The summed E-state index contributed by atoms with van der Waals surface area (Å²) in [7, 11) is 0. The molecule has 0 spiro atoms. The summed E-state index contributed by atoms with van der Waals surface area (Å²) in [4.78, 5) is 19.1. The molecular weight excluding hydrogens is 274 g/mol. The highest BCUT2D eigenvalue weighted by Crippen LogP contribution is 2.28. The van der Waals surface area contributed by atoms with Gasteiger partial charge in [-0.25, -0.2) is 9.97 Å². The lowest BCUT2D eigenvalue weighted by Crippen LogP contribution is -2.18. The van der Waals surface area contributed by atoms with Crippen LogP contribution < -0.4 is 5.32 Å². The fourth-order valence-corrected chi connectivity index (χ4v) is 2.82. The van der Waals surface area contributed by atoms with E-state index in [0.29, 0.717) is 6.42 Å². The third kappa shape index (κ3) is 3.90. The van der Waals surface area contributed by atoms with Crippen molar-refractivity contribution >= 4 is 33.3 Å². The van der Waals surface area contributed by atoms with Gasteiger partial charge in [-0.1, -0.05) is 13.8 Å². The van der Waals surface area contributed by atoms with Gasteiger partial charge in [0.1, 0.15) is 12.1 Å². The molecule has 2 aromatic heterocycles. The molecule has 2 rings (SSSR count). The van der Waals surface area contributed by atoms with E-state index in [1.165, 1.54) is 0 Å². The fraction of sp³-hybridized carbons (Fsp3) is 0.500. The van der Waals surface area contributed by atoms with Crippen molar-refractivity contribution in [2.75, 3.05) is 11.9 Å². The van der Waals surface area contributed by atoms with Crippen molar-refractivity contribution in [3.8, 4) is 0 Å². The summed E-state index contributed by atoms with van der Waals surface area (Å²) in [5.74, 6) is 0.126. The number of anilines is 1. The van der Waals surface area contributed by atoms with Gasteiger partial charge in [0, 0.05) is 13.0 Å². The van der Waals surface area contributed by atoms with Crippen LogP contribution in [-0.4, -0.2) is 27.6 Å². The number of fused-ring (bicyclic) bond motifs is 1. The van der Waals surface area contributed by atoms with Crippen molar-refractivity contribution in [3.63, 3.8) is 0 Å². The Morgan fingerprint density at radius 2 is 2.20 bits per heavy atom. The van der Waals surface area contributed by atoms with Crippen LogP contribution in [0.15, 0.2) is 17.8 Å². The topological polar surface area (TPSA) is 75.1 Å². The number of aromatic nitrogens is 2. The summed E-state index contributed by atoms with van der Waals surface area (Å²) < 4.78 is 1.07. The van der Waals surface area contributed by atoms with E-state index in [4.69, 9.17) is 5.11 Å². The number of hydrogen-bond acceptors (Lipinski definition) is 5. The largest absolute Gasteiger partial charge is 0.481 e. The highest BCUT2D eigenvalue weighted by atomic mass is 32.1. The summed E-state index contributed by atoms with van der Waals surface area (Å²) in [5, 5.41) is 14.1. The molecule has 6 heteroatoms. The van der Waals surface area contributed by atoms with Crippen molar-refractivity contribution in [1.82, 2.24) is 9.97 Å². The second-order valence-electron chi connectivity index (χ2n) is 5.59. The average Bonchev–Trinajstić information content (AvgIpc) is 2.85. The average molecular weight is 293 g/mol. The third-order valence-corrected chi connectivity index (χ3v) is 4.26. The molecule has 0 aliphatic rings. The van der Waals surface area contributed by atoms with Gasteiger partial charge in [0.25, 0.3) is 0 Å². The Labute approximate surface area is 122 Å². The molecule has 0 radical (unpaired) electrons. The smallest absolute Gasteiger partial charge is 0.303 e. The molecule has 2 aromatic rings. The van der Waals surface area contributed by atoms with Crippen LogP contribution in [0.2, 0.25) is 0 Å². The van der Waals surface area contributed by atoms with Gasteiger partial charge in [-0.05, 0) is 29.7 Å². The number of carboxylic acid groups (broad SMARTS) is 1. The molecular formula is C14H19N3O2S. The van der Waals surface area contributed by atoms with Gasteiger partial charge >= 0.3 is 5.97 Å². The van der Waals surface area contributed by atoms with Crippen LogP contribution in [0.1, 0.15) is 33.1 Å². The van der Waals surface area contributed by atoms with Crippen LogP contribution in [0.4, 0.5) is 5.82 Å². The van der Waals surface area contributed by atoms with Gasteiger partial charge in [-0.15, -0.1) is 11.3 Å². The zero-order valence-electron chi connectivity index (χ0n) is 11.7. The second-order valence-corrected chi connectivity index (χ2v) is 6.51. The van der Waals surface area contributed by atoms with Gasteiger partial charge in [-0.2, -0.15) is 0 Å². The van der Waals surface area contributed by atoms with Crippen LogP contribution in [0.3, 0.4) is 0 Å². The highest BCUT2D eigenvalue weighted by Gasteiger charge is 2.19. The van der Waals surface area contributed by atoms with E-state index in [0.717, 1.165) is 29.0 Å². The van der Waals surface area contributed by atoms with E-state index >= 15 is 0 Å². The minimum Gasteiger partial charge on any atom is -0.481 e. The van der Waals surface area contributed by atoms with Gasteiger partial charge < -0.3 is 10.4 Å². The number of carbonyl (C=O) groups is 1. The van der Waals surface area contributed by atoms with Gasteiger partial charge in [-0.3, -0.25) is 4.79 Å². The normalized spacial score (nSPS) is 11.7. The first-order valence-corrected chi connectivity index (χ1v) is 7.50. The maximum atomic E-state index is 10.6. The van der Waals surface area contributed by atoms with Crippen molar-refractivity contribution in [2.45, 2.75) is 33.1 Å². The molecule has 0 saturated carbocycles. The molecule has 0 aliphatic carbocycles. The predicted molar refractivity (Wildman–Crippen MR) is 81.2 cm³/mol. The molecule has 0 saturated heterocycles. The van der Waals surface area contributed by atoms with Crippen LogP contribution >= 0.6 is 11.3 Å². The second kappa shape index (κ2) is 6.17. The standard InChI is InChI=1S/C14H19N3O2S/c1-14(2,5-3-11(18)19)6-7-15-13-12-10(4-8-20-12)16-9-17-13/h4,8-9H,3,5-7H2,1-2H3,(H,18,19)(H,15,16,17). The molecule has 0 atom stereocenters. The molecule has 0 aromatic carbocycles. The van der Waals surface area contributed by atoms with Crippen LogP contribution in [0.5, 0.6) is 0 Å². The molecule has 0 aliphatic heterocycles. The van der Waals surface area contributed by atoms with E-state index < -0.39 is 5.97 Å². The maximum Gasteiger partial charge on any atom is 0.303 e. The third-order valence-electron chi connectivity index (χ3n) is 3.35. The van der Waals surface area contributed by atoms with E-state index in [1.54, 1.807) is 17.7 Å². The van der Waals surface area contributed by atoms with E-state index in [1.807, 2.05) is 11.4 Å². The summed E-state index contributed by atoms with van der Waals surface area (Å²) in [6.45, 7) is 4.97. The molecule has 5 nitrogen and oxygen atoms in total. The minimum atomic E-state index is -0.734.